The number of nitrogens with zero attached hydrogens (tertiary/aromatic N) is 2. The van der Waals surface area contributed by atoms with Crippen molar-refractivity contribution in [3.63, 3.8) is 0 Å². The standard InChI is InChI=1S/C17H15ClN2O5S/c1-4-9-25-14-7-5-13(6-8-14)19(3)26(23,24)15-10-16(18)12(2)17(11-15)20(21)22/h1,5-8,10-11H,9H2,2-3H3. The molecule has 0 aliphatic rings. The zero-order valence-electron chi connectivity index (χ0n) is 14.0. The molecule has 2 aromatic carbocycles. The molecule has 0 heterocycles. The van der Waals surface area contributed by atoms with Crippen LogP contribution < -0.4 is 9.04 Å². The Morgan fingerprint density at radius 1 is 1.31 bits per heavy atom. The molecule has 0 aliphatic heterocycles. The van der Waals surface area contributed by atoms with Gasteiger partial charge in [-0.25, -0.2) is 8.42 Å². The zero-order valence-corrected chi connectivity index (χ0v) is 15.5. The van der Waals surface area contributed by atoms with Crippen LogP contribution in [0.15, 0.2) is 41.3 Å². The van der Waals surface area contributed by atoms with Gasteiger partial charge < -0.3 is 4.74 Å². The van der Waals surface area contributed by atoms with Crippen molar-refractivity contribution in [3.05, 3.63) is 57.1 Å². The predicted molar refractivity (Wildman–Crippen MR) is 99.2 cm³/mol. The van der Waals surface area contributed by atoms with Crippen LogP contribution in [0.5, 0.6) is 5.75 Å². The molecule has 0 saturated carbocycles. The summed E-state index contributed by atoms with van der Waals surface area (Å²) in [6.07, 6.45) is 5.11. The number of hydrogen-bond donors (Lipinski definition) is 0. The highest BCUT2D eigenvalue weighted by atomic mass is 35.5. The van der Waals surface area contributed by atoms with Gasteiger partial charge in [0.1, 0.15) is 12.4 Å². The molecule has 0 unspecified atom stereocenters. The lowest BCUT2D eigenvalue weighted by Gasteiger charge is -2.20. The number of rotatable bonds is 6. The Bertz CT molecular complexity index is 981. The Morgan fingerprint density at radius 3 is 2.46 bits per heavy atom. The smallest absolute Gasteiger partial charge is 0.275 e. The highest BCUT2D eigenvalue weighted by Gasteiger charge is 2.26. The van der Waals surface area contributed by atoms with Crippen LogP contribution in [0.2, 0.25) is 5.02 Å². The molecule has 0 spiro atoms. The average Bonchev–Trinajstić information content (AvgIpc) is 2.61. The third kappa shape index (κ3) is 3.90. The zero-order chi connectivity index (χ0) is 19.5. The Kier molecular flexibility index (Phi) is 5.75. The molecule has 2 rings (SSSR count). The molecule has 0 saturated heterocycles. The van der Waals surface area contributed by atoms with Gasteiger partial charge in [0, 0.05) is 18.7 Å². The second-order valence-corrected chi connectivity index (χ2v) is 7.64. The minimum atomic E-state index is -4.05. The average molecular weight is 395 g/mol. The van der Waals surface area contributed by atoms with E-state index in [1.54, 1.807) is 12.1 Å². The lowest BCUT2D eigenvalue weighted by molar-refractivity contribution is -0.385. The second-order valence-electron chi connectivity index (χ2n) is 5.27. The molecule has 9 heteroatoms. The molecule has 0 aromatic heterocycles. The number of benzene rings is 2. The van der Waals surface area contributed by atoms with Crippen LogP contribution in [0.3, 0.4) is 0 Å². The maximum atomic E-state index is 12.8. The summed E-state index contributed by atoms with van der Waals surface area (Å²) in [6.45, 7) is 1.55. The molecule has 2 aromatic rings. The maximum absolute atomic E-state index is 12.8. The Morgan fingerprint density at radius 2 is 1.92 bits per heavy atom. The van der Waals surface area contributed by atoms with E-state index in [2.05, 4.69) is 5.92 Å². The first-order valence-electron chi connectivity index (χ1n) is 7.28. The van der Waals surface area contributed by atoms with Gasteiger partial charge in [0.25, 0.3) is 15.7 Å². The summed E-state index contributed by atoms with van der Waals surface area (Å²) in [7, 11) is -2.71. The third-order valence-electron chi connectivity index (χ3n) is 3.67. The summed E-state index contributed by atoms with van der Waals surface area (Å²) in [5.74, 6) is 2.82. The van der Waals surface area contributed by atoms with Gasteiger partial charge in [-0.15, -0.1) is 6.42 Å². The van der Waals surface area contributed by atoms with Gasteiger partial charge in [-0.05, 0) is 37.3 Å². The predicted octanol–water partition coefficient (Wildman–Crippen LogP) is 3.39. The summed E-state index contributed by atoms with van der Waals surface area (Å²) >= 11 is 5.97. The first-order chi connectivity index (χ1) is 12.2. The molecule has 136 valence electrons. The Labute approximate surface area is 156 Å². The normalized spacial score (nSPS) is 10.8. The number of terminal acetylenes is 1. The van der Waals surface area contributed by atoms with E-state index in [1.807, 2.05) is 0 Å². The lowest BCUT2D eigenvalue weighted by Crippen LogP contribution is -2.26. The fourth-order valence-corrected chi connectivity index (χ4v) is 3.67. The molecule has 0 atom stereocenters. The molecule has 0 amide bonds. The second kappa shape index (κ2) is 7.64. The van der Waals surface area contributed by atoms with Crippen molar-refractivity contribution in [1.29, 1.82) is 0 Å². The van der Waals surface area contributed by atoms with Crippen molar-refractivity contribution in [2.75, 3.05) is 18.0 Å². The summed E-state index contributed by atoms with van der Waals surface area (Å²) in [5.41, 5.74) is 0.188. The van der Waals surface area contributed by atoms with Crippen molar-refractivity contribution < 1.29 is 18.1 Å². The van der Waals surface area contributed by atoms with Crippen LogP contribution in [-0.2, 0) is 10.0 Å². The van der Waals surface area contributed by atoms with E-state index < -0.39 is 14.9 Å². The first-order valence-corrected chi connectivity index (χ1v) is 9.10. The summed E-state index contributed by atoms with van der Waals surface area (Å²) in [5, 5.41) is 11.1. The monoisotopic (exact) mass is 394 g/mol. The van der Waals surface area contributed by atoms with E-state index in [9.17, 15) is 18.5 Å². The van der Waals surface area contributed by atoms with Crippen LogP contribution in [0.25, 0.3) is 0 Å². The maximum Gasteiger partial charge on any atom is 0.275 e. The first kappa shape index (κ1) is 19.6. The minimum Gasteiger partial charge on any atom is -0.481 e. The van der Waals surface area contributed by atoms with Gasteiger partial charge in [-0.1, -0.05) is 17.5 Å². The number of halogens is 1. The fourth-order valence-electron chi connectivity index (χ4n) is 2.15. The Balaban J connectivity index is 2.41. The molecular formula is C17H15ClN2O5S. The number of nitro benzene ring substituents is 1. The van der Waals surface area contributed by atoms with Crippen LogP contribution in [-0.4, -0.2) is 27.0 Å². The Hall–Kier alpha value is -2.76. The summed E-state index contributed by atoms with van der Waals surface area (Å²) < 4.78 is 31.9. The lowest BCUT2D eigenvalue weighted by atomic mass is 10.2. The number of nitro groups is 1. The largest absolute Gasteiger partial charge is 0.481 e. The van der Waals surface area contributed by atoms with E-state index in [-0.39, 0.29) is 27.8 Å². The molecule has 0 aliphatic carbocycles. The minimum absolute atomic E-state index is 0.00390. The summed E-state index contributed by atoms with van der Waals surface area (Å²) in [6, 6.07) is 8.41. The van der Waals surface area contributed by atoms with E-state index in [0.29, 0.717) is 11.4 Å². The van der Waals surface area contributed by atoms with Gasteiger partial charge in [0.2, 0.25) is 0 Å². The van der Waals surface area contributed by atoms with Crippen molar-refractivity contribution in [3.8, 4) is 18.1 Å². The van der Waals surface area contributed by atoms with Gasteiger partial charge >= 0.3 is 0 Å². The van der Waals surface area contributed by atoms with Crippen molar-refractivity contribution in [2.24, 2.45) is 0 Å². The third-order valence-corrected chi connectivity index (χ3v) is 5.82. The number of anilines is 1. The SMILES string of the molecule is C#CCOc1ccc(N(C)S(=O)(=O)c2cc(Cl)c(C)c([N+](=O)[O-])c2)cc1. The summed E-state index contributed by atoms with van der Waals surface area (Å²) in [4.78, 5) is 10.2. The molecule has 0 N–H and O–H groups in total. The van der Waals surface area contributed by atoms with Crippen LogP contribution >= 0.6 is 11.6 Å². The van der Waals surface area contributed by atoms with Gasteiger partial charge in [-0.3, -0.25) is 14.4 Å². The highest BCUT2D eigenvalue weighted by Crippen LogP contribution is 2.32. The van der Waals surface area contributed by atoms with Crippen molar-refractivity contribution in [2.45, 2.75) is 11.8 Å². The number of sulfonamides is 1. The quantitative estimate of drug-likeness (QED) is 0.425. The van der Waals surface area contributed by atoms with Crippen molar-refractivity contribution >= 4 is 33.0 Å². The van der Waals surface area contributed by atoms with Crippen LogP contribution in [0.1, 0.15) is 5.56 Å². The molecule has 0 radical (unpaired) electrons. The number of hydrogen-bond acceptors (Lipinski definition) is 5. The van der Waals surface area contributed by atoms with E-state index in [1.165, 1.54) is 32.2 Å². The van der Waals surface area contributed by atoms with E-state index in [4.69, 9.17) is 22.8 Å². The fraction of sp³-hybridized carbons (Fsp3) is 0.176. The molecule has 26 heavy (non-hydrogen) atoms. The van der Waals surface area contributed by atoms with Crippen LogP contribution in [0, 0.1) is 29.4 Å². The number of ether oxygens (including phenoxy) is 1. The topological polar surface area (TPSA) is 89.8 Å². The van der Waals surface area contributed by atoms with Gasteiger partial charge in [-0.2, -0.15) is 0 Å². The van der Waals surface area contributed by atoms with Gasteiger partial charge in [0.05, 0.1) is 20.5 Å². The van der Waals surface area contributed by atoms with Crippen molar-refractivity contribution in [1.82, 2.24) is 0 Å². The molecule has 0 bridgehead atoms. The van der Waals surface area contributed by atoms with Gasteiger partial charge in [0.15, 0.2) is 0 Å². The van der Waals surface area contributed by atoms with E-state index in [0.717, 1.165) is 10.4 Å². The highest BCUT2D eigenvalue weighted by molar-refractivity contribution is 7.92. The molecule has 7 nitrogen and oxygen atoms in total. The molecule has 0 fully saturated rings. The molecular weight excluding hydrogens is 380 g/mol. The van der Waals surface area contributed by atoms with E-state index >= 15 is 0 Å². The van der Waals surface area contributed by atoms with Crippen LogP contribution in [0.4, 0.5) is 11.4 Å².